The molecule has 1 saturated heterocycles. The number of carboxylic acids is 1. The zero-order valence-electron chi connectivity index (χ0n) is 10.0. The standard InChI is InChI=1S/C11H22N2O2/c1-7(2)9-5-10(13(3)4)8(6-12-9)11(14)15/h7-10,12H,5-6H2,1-4H3,(H,14,15). The van der Waals surface area contributed by atoms with Crippen molar-refractivity contribution < 1.29 is 9.90 Å². The highest BCUT2D eigenvalue weighted by molar-refractivity contribution is 5.71. The van der Waals surface area contributed by atoms with E-state index in [4.69, 9.17) is 5.11 Å². The summed E-state index contributed by atoms with van der Waals surface area (Å²) in [7, 11) is 3.92. The van der Waals surface area contributed by atoms with E-state index in [2.05, 4.69) is 19.2 Å². The number of rotatable bonds is 3. The number of carboxylic acid groups (broad SMARTS) is 1. The molecule has 1 fully saturated rings. The van der Waals surface area contributed by atoms with Gasteiger partial charge >= 0.3 is 5.97 Å². The number of aliphatic carboxylic acids is 1. The Hall–Kier alpha value is -0.610. The van der Waals surface area contributed by atoms with Gasteiger partial charge in [-0.15, -0.1) is 0 Å². The monoisotopic (exact) mass is 214 g/mol. The van der Waals surface area contributed by atoms with E-state index in [1.165, 1.54) is 0 Å². The van der Waals surface area contributed by atoms with Crippen molar-refractivity contribution in [1.82, 2.24) is 10.2 Å². The SMILES string of the molecule is CC(C)C1CC(N(C)C)C(C(=O)O)CN1. The lowest BCUT2D eigenvalue weighted by atomic mass is 9.84. The molecule has 15 heavy (non-hydrogen) atoms. The summed E-state index contributed by atoms with van der Waals surface area (Å²) in [4.78, 5) is 13.1. The van der Waals surface area contributed by atoms with E-state index in [0.717, 1.165) is 6.42 Å². The van der Waals surface area contributed by atoms with E-state index < -0.39 is 5.97 Å². The highest BCUT2D eigenvalue weighted by Crippen LogP contribution is 2.23. The van der Waals surface area contributed by atoms with Gasteiger partial charge in [0.25, 0.3) is 0 Å². The fourth-order valence-electron chi connectivity index (χ4n) is 2.25. The molecule has 4 heteroatoms. The average molecular weight is 214 g/mol. The minimum absolute atomic E-state index is 0.149. The molecule has 1 heterocycles. The lowest BCUT2D eigenvalue weighted by Gasteiger charge is -2.40. The number of hydrogen-bond donors (Lipinski definition) is 2. The second kappa shape index (κ2) is 4.94. The smallest absolute Gasteiger partial charge is 0.309 e. The molecule has 3 atom stereocenters. The molecular weight excluding hydrogens is 192 g/mol. The number of hydrogen-bond acceptors (Lipinski definition) is 3. The number of carbonyl (C=O) groups is 1. The van der Waals surface area contributed by atoms with E-state index in [-0.39, 0.29) is 12.0 Å². The molecule has 0 aromatic heterocycles. The van der Waals surface area contributed by atoms with Crippen LogP contribution in [0.15, 0.2) is 0 Å². The lowest BCUT2D eigenvalue weighted by molar-refractivity contribution is -0.145. The van der Waals surface area contributed by atoms with Crippen LogP contribution in [0.4, 0.5) is 0 Å². The highest BCUT2D eigenvalue weighted by Gasteiger charge is 2.36. The van der Waals surface area contributed by atoms with Crippen molar-refractivity contribution in [2.24, 2.45) is 11.8 Å². The molecule has 0 spiro atoms. The molecular formula is C11H22N2O2. The van der Waals surface area contributed by atoms with Gasteiger partial charge in [0.15, 0.2) is 0 Å². The Morgan fingerprint density at radius 1 is 1.47 bits per heavy atom. The lowest BCUT2D eigenvalue weighted by Crippen LogP contribution is -2.55. The Morgan fingerprint density at radius 3 is 2.47 bits per heavy atom. The van der Waals surface area contributed by atoms with Crippen LogP contribution in [0.2, 0.25) is 0 Å². The minimum atomic E-state index is -0.691. The molecule has 2 N–H and O–H groups in total. The Bertz CT molecular complexity index is 229. The van der Waals surface area contributed by atoms with Gasteiger partial charge < -0.3 is 15.3 Å². The number of nitrogens with zero attached hydrogens (tertiary/aromatic N) is 1. The van der Waals surface area contributed by atoms with Gasteiger partial charge in [0.1, 0.15) is 0 Å². The van der Waals surface area contributed by atoms with Gasteiger partial charge in [-0.3, -0.25) is 4.79 Å². The topological polar surface area (TPSA) is 52.6 Å². The van der Waals surface area contributed by atoms with Crippen molar-refractivity contribution in [3.05, 3.63) is 0 Å². The first-order valence-electron chi connectivity index (χ1n) is 5.56. The van der Waals surface area contributed by atoms with Crippen molar-refractivity contribution in [2.45, 2.75) is 32.4 Å². The van der Waals surface area contributed by atoms with Gasteiger partial charge in [-0.1, -0.05) is 13.8 Å². The van der Waals surface area contributed by atoms with Gasteiger partial charge in [0.05, 0.1) is 5.92 Å². The second-order valence-corrected chi connectivity index (χ2v) is 4.97. The van der Waals surface area contributed by atoms with Gasteiger partial charge in [-0.2, -0.15) is 0 Å². The van der Waals surface area contributed by atoms with Crippen LogP contribution in [0, 0.1) is 11.8 Å². The summed E-state index contributed by atoms with van der Waals surface area (Å²) in [5.41, 5.74) is 0. The fraction of sp³-hybridized carbons (Fsp3) is 0.909. The maximum atomic E-state index is 11.1. The molecule has 88 valence electrons. The van der Waals surface area contributed by atoms with E-state index in [1.807, 2.05) is 19.0 Å². The van der Waals surface area contributed by atoms with E-state index in [0.29, 0.717) is 18.5 Å². The number of nitrogens with one attached hydrogen (secondary N) is 1. The van der Waals surface area contributed by atoms with E-state index in [9.17, 15) is 4.79 Å². The van der Waals surface area contributed by atoms with Crippen LogP contribution in [0.1, 0.15) is 20.3 Å². The first kappa shape index (κ1) is 12.5. The molecule has 1 aliphatic rings. The quantitative estimate of drug-likeness (QED) is 0.724. The molecule has 1 aliphatic heterocycles. The second-order valence-electron chi connectivity index (χ2n) is 4.97. The van der Waals surface area contributed by atoms with Crippen LogP contribution < -0.4 is 5.32 Å². The third-order valence-electron chi connectivity index (χ3n) is 3.35. The maximum Gasteiger partial charge on any atom is 0.309 e. The molecule has 0 aromatic rings. The third kappa shape index (κ3) is 2.92. The summed E-state index contributed by atoms with van der Waals surface area (Å²) in [5.74, 6) is -0.416. The minimum Gasteiger partial charge on any atom is -0.481 e. The normalized spacial score (nSPS) is 32.3. The van der Waals surface area contributed by atoms with Crippen LogP contribution in [0.3, 0.4) is 0 Å². The van der Waals surface area contributed by atoms with E-state index in [1.54, 1.807) is 0 Å². The van der Waals surface area contributed by atoms with Crippen LogP contribution in [-0.4, -0.2) is 48.7 Å². The molecule has 0 radical (unpaired) electrons. The molecule has 3 unspecified atom stereocenters. The Morgan fingerprint density at radius 2 is 2.07 bits per heavy atom. The Balaban J connectivity index is 2.69. The first-order chi connectivity index (χ1) is 6.93. The summed E-state index contributed by atoms with van der Waals surface area (Å²) in [5, 5.41) is 12.4. The first-order valence-corrected chi connectivity index (χ1v) is 5.56. The molecule has 0 aliphatic carbocycles. The summed E-state index contributed by atoms with van der Waals surface area (Å²) in [6.45, 7) is 4.93. The Kier molecular flexibility index (Phi) is 4.11. The fourth-order valence-corrected chi connectivity index (χ4v) is 2.25. The number of piperidine rings is 1. The highest BCUT2D eigenvalue weighted by atomic mass is 16.4. The predicted molar refractivity (Wildman–Crippen MR) is 59.8 cm³/mol. The summed E-state index contributed by atoms with van der Waals surface area (Å²) in [6, 6.07) is 0.587. The van der Waals surface area contributed by atoms with Crippen molar-refractivity contribution in [3.8, 4) is 0 Å². The summed E-state index contributed by atoms with van der Waals surface area (Å²) < 4.78 is 0. The molecule has 0 saturated carbocycles. The largest absolute Gasteiger partial charge is 0.481 e. The predicted octanol–water partition coefficient (Wildman–Crippen LogP) is 0.635. The van der Waals surface area contributed by atoms with E-state index >= 15 is 0 Å². The molecule has 0 amide bonds. The molecule has 4 nitrogen and oxygen atoms in total. The maximum absolute atomic E-state index is 11.1. The van der Waals surface area contributed by atoms with Gasteiger partial charge in [-0.25, -0.2) is 0 Å². The third-order valence-corrected chi connectivity index (χ3v) is 3.35. The summed E-state index contributed by atoms with van der Waals surface area (Å²) >= 11 is 0. The van der Waals surface area contributed by atoms with Crippen LogP contribution in [-0.2, 0) is 4.79 Å². The van der Waals surface area contributed by atoms with Gasteiger partial charge in [0, 0.05) is 18.6 Å². The van der Waals surface area contributed by atoms with Crippen LogP contribution in [0.5, 0.6) is 0 Å². The molecule has 0 bridgehead atoms. The van der Waals surface area contributed by atoms with Crippen molar-refractivity contribution in [3.63, 3.8) is 0 Å². The molecule has 1 rings (SSSR count). The molecule has 0 aromatic carbocycles. The zero-order chi connectivity index (χ0) is 11.6. The zero-order valence-corrected chi connectivity index (χ0v) is 10.0. The summed E-state index contributed by atoms with van der Waals surface area (Å²) in [6.07, 6.45) is 0.918. The van der Waals surface area contributed by atoms with Crippen molar-refractivity contribution in [2.75, 3.05) is 20.6 Å². The van der Waals surface area contributed by atoms with Crippen LogP contribution in [0.25, 0.3) is 0 Å². The van der Waals surface area contributed by atoms with Gasteiger partial charge in [-0.05, 0) is 26.4 Å². The van der Waals surface area contributed by atoms with Crippen molar-refractivity contribution >= 4 is 5.97 Å². The van der Waals surface area contributed by atoms with Crippen molar-refractivity contribution in [1.29, 1.82) is 0 Å². The average Bonchev–Trinajstić information content (AvgIpc) is 2.16. The van der Waals surface area contributed by atoms with Crippen LogP contribution >= 0.6 is 0 Å². The Labute approximate surface area is 91.6 Å². The van der Waals surface area contributed by atoms with Gasteiger partial charge in [0.2, 0.25) is 0 Å².